The van der Waals surface area contributed by atoms with Crippen molar-refractivity contribution in [2.24, 2.45) is 0 Å². The Bertz CT molecular complexity index is 1260. The van der Waals surface area contributed by atoms with Crippen molar-refractivity contribution in [1.82, 2.24) is 4.57 Å². The summed E-state index contributed by atoms with van der Waals surface area (Å²) in [6.07, 6.45) is 6.39. The van der Waals surface area contributed by atoms with Crippen LogP contribution >= 0.6 is 0 Å². The fourth-order valence-electron chi connectivity index (χ4n) is 4.37. The summed E-state index contributed by atoms with van der Waals surface area (Å²) in [7, 11) is 0. The number of nitrogen functional groups attached to an aromatic ring is 1. The van der Waals surface area contributed by atoms with Crippen molar-refractivity contribution in [2.75, 3.05) is 11.1 Å². The first-order valence-electron chi connectivity index (χ1n) is 9.93. The molecule has 30 heavy (non-hydrogen) atoms. The van der Waals surface area contributed by atoms with Gasteiger partial charge >= 0.3 is 5.97 Å². The SMILES string of the molecule is Nc1ccc2c(c1)Oc1c(NC3CCCCC3)c(F)cc3c(=O)c(C(=O)O)cn-2c13. The molecule has 4 N–H and O–H groups in total. The van der Waals surface area contributed by atoms with E-state index in [4.69, 9.17) is 10.5 Å². The van der Waals surface area contributed by atoms with E-state index < -0.39 is 22.8 Å². The average molecular weight is 409 g/mol. The number of carboxylic acids is 1. The Morgan fingerprint density at radius 3 is 2.73 bits per heavy atom. The largest absolute Gasteiger partial charge is 0.477 e. The molecule has 2 heterocycles. The first-order valence-corrected chi connectivity index (χ1v) is 9.93. The number of pyridine rings is 1. The minimum Gasteiger partial charge on any atom is -0.477 e. The first-order chi connectivity index (χ1) is 14.4. The van der Waals surface area contributed by atoms with Gasteiger partial charge in [-0.1, -0.05) is 19.3 Å². The summed E-state index contributed by atoms with van der Waals surface area (Å²) >= 11 is 0. The maximum absolute atomic E-state index is 15.2. The summed E-state index contributed by atoms with van der Waals surface area (Å²) in [5.74, 6) is -1.49. The van der Waals surface area contributed by atoms with Crippen LogP contribution in [0.25, 0.3) is 16.6 Å². The second kappa shape index (κ2) is 6.76. The third kappa shape index (κ3) is 2.79. The molecular formula is C22H20FN3O4. The summed E-state index contributed by atoms with van der Waals surface area (Å²) < 4.78 is 22.8. The number of aromatic nitrogens is 1. The molecule has 1 aliphatic heterocycles. The van der Waals surface area contributed by atoms with Crippen LogP contribution < -0.4 is 21.2 Å². The quantitative estimate of drug-likeness (QED) is 0.437. The Morgan fingerprint density at radius 2 is 2.00 bits per heavy atom. The predicted octanol–water partition coefficient (Wildman–Crippen LogP) is 4.26. The van der Waals surface area contributed by atoms with Crippen molar-refractivity contribution in [1.29, 1.82) is 0 Å². The number of nitrogens with one attached hydrogen (secondary N) is 1. The first kappa shape index (κ1) is 18.5. The zero-order chi connectivity index (χ0) is 21.0. The maximum atomic E-state index is 15.2. The van der Waals surface area contributed by atoms with E-state index >= 15 is 4.39 Å². The highest BCUT2D eigenvalue weighted by atomic mass is 19.1. The highest BCUT2D eigenvalue weighted by Gasteiger charge is 2.29. The Morgan fingerprint density at radius 1 is 1.23 bits per heavy atom. The fourth-order valence-corrected chi connectivity index (χ4v) is 4.37. The number of rotatable bonds is 3. The van der Waals surface area contributed by atoms with E-state index in [-0.39, 0.29) is 22.9 Å². The number of aromatic carboxylic acids is 1. The van der Waals surface area contributed by atoms with E-state index in [2.05, 4.69) is 5.32 Å². The summed E-state index contributed by atoms with van der Waals surface area (Å²) in [4.78, 5) is 24.4. The number of halogens is 1. The van der Waals surface area contributed by atoms with E-state index in [1.54, 1.807) is 22.8 Å². The van der Waals surface area contributed by atoms with Crippen molar-refractivity contribution in [2.45, 2.75) is 38.1 Å². The molecule has 1 fully saturated rings. The molecule has 3 aromatic rings. The number of ether oxygens (including phenoxy) is 1. The molecular weight excluding hydrogens is 389 g/mol. The molecule has 2 aliphatic rings. The molecule has 0 amide bonds. The lowest BCUT2D eigenvalue weighted by atomic mass is 9.95. The van der Waals surface area contributed by atoms with Crippen LogP contribution in [0.1, 0.15) is 42.5 Å². The second-order valence-electron chi connectivity index (χ2n) is 7.81. The standard InChI is InChI=1S/C22H20FN3O4/c23-15-9-13-19-21(18(15)25-12-4-2-1-3-5-12)30-17-8-11(24)6-7-16(17)26(19)10-14(20(13)27)22(28)29/h6-10,12,25H,1-5,24H2,(H,28,29). The van der Waals surface area contributed by atoms with Crippen LogP contribution in [-0.2, 0) is 0 Å². The lowest BCUT2D eigenvalue weighted by molar-refractivity contribution is 0.0695. The van der Waals surface area contributed by atoms with Gasteiger partial charge in [-0.15, -0.1) is 0 Å². The van der Waals surface area contributed by atoms with E-state index in [0.717, 1.165) is 38.2 Å². The molecule has 1 aromatic heterocycles. The van der Waals surface area contributed by atoms with Crippen LogP contribution in [0.4, 0.5) is 15.8 Å². The normalized spacial score (nSPS) is 15.5. The molecule has 7 nitrogen and oxygen atoms in total. The molecule has 0 bridgehead atoms. The number of benzene rings is 2. The number of carboxylic acid groups (broad SMARTS) is 1. The fraction of sp³-hybridized carbons (Fsp3) is 0.273. The van der Waals surface area contributed by atoms with Gasteiger partial charge in [0.1, 0.15) is 16.8 Å². The topological polar surface area (TPSA) is 107 Å². The molecule has 154 valence electrons. The monoisotopic (exact) mass is 409 g/mol. The van der Waals surface area contributed by atoms with E-state index in [9.17, 15) is 14.7 Å². The van der Waals surface area contributed by atoms with Gasteiger partial charge < -0.3 is 25.5 Å². The zero-order valence-electron chi connectivity index (χ0n) is 16.1. The highest BCUT2D eigenvalue weighted by molar-refractivity contribution is 5.99. The number of nitrogens with two attached hydrogens (primary N) is 1. The molecule has 0 radical (unpaired) electrons. The molecule has 0 saturated heterocycles. The van der Waals surface area contributed by atoms with Gasteiger partial charge in [0.15, 0.2) is 17.3 Å². The summed E-state index contributed by atoms with van der Waals surface area (Å²) in [6.45, 7) is 0. The molecule has 0 spiro atoms. The minimum atomic E-state index is -1.37. The Hall–Kier alpha value is -3.55. The van der Waals surface area contributed by atoms with Gasteiger partial charge in [-0.25, -0.2) is 9.18 Å². The lowest BCUT2D eigenvalue weighted by Gasteiger charge is -2.29. The molecule has 5 rings (SSSR count). The van der Waals surface area contributed by atoms with Crippen molar-refractivity contribution in [3.05, 3.63) is 52.1 Å². The van der Waals surface area contributed by atoms with Gasteiger partial charge in [-0.05, 0) is 31.0 Å². The number of hydrogen-bond donors (Lipinski definition) is 3. The molecule has 1 aliphatic carbocycles. The Labute approximate surface area is 170 Å². The molecule has 1 saturated carbocycles. The van der Waals surface area contributed by atoms with Crippen LogP contribution in [0.3, 0.4) is 0 Å². The van der Waals surface area contributed by atoms with Crippen molar-refractivity contribution < 1.29 is 19.0 Å². The van der Waals surface area contributed by atoms with Crippen molar-refractivity contribution >= 4 is 28.2 Å². The predicted molar refractivity (Wildman–Crippen MR) is 111 cm³/mol. The van der Waals surface area contributed by atoms with Crippen molar-refractivity contribution in [3.63, 3.8) is 0 Å². The average Bonchev–Trinajstić information content (AvgIpc) is 2.72. The van der Waals surface area contributed by atoms with Gasteiger partial charge in [-0.3, -0.25) is 4.79 Å². The molecule has 8 heteroatoms. The van der Waals surface area contributed by atoms with E-state index in [1.165, 1.54) is 6.20 Å². The van der Waals surface area contributed by atoms with Gasteiger partial charge in [0, 0.05) is 24.0 Å². The second-order valence-corrected chi connectivity index (χ2v) is 7.81. The summed E-state index contributed by atoms with van der Waals surface area (Å²) in [5, 5.41) is 12.7. The zero-order valence-corrected chi connectivity index (χ0v) is 16.1. The van der Waals surface area contributed by atoms with Crippen LogP contribution in [0, 0.1) is 5.82 Å². The van der Waals surface area contributed by atoms with E-state index in [1.807, 2.05) is 0 Å². The van der Waals surface area contributed by atoms with Crippen LogP contribution in [0.15, 0.2) is 35.3 Å². The molecule has 0 atom stereocenters. The highest BCUT2D eigenvalue weighted by Crippen LogP contribution is 2.46. The Balaban J connectivity index is 1.81. The minimum absolute atomic E-state index is 0.0425. The van der Waals surface area contributed by atoms with Crippen LogP contribution in [0.2, 0.25) is 0 Å². The third-order valence-electron chi connectivity index (χ3n) is 5.83. The lowest BCUT2D eigenvalue weighted by Crippen LogP contribution is -2.25. The summed E-state index contributed by atoms with van der Waals surface area (Å²) in [5.41, 5.74) is 6.20. The van der Waals surface area contributed by atoms with Gasteiger partial charge in [-0.2, -0.15) is 0 Å². The maximum Gasteiger partial charge on any atom is 0.341 e. The van der Waals surface area contributed by atoms with Gasteiger partial charge in [0.25, 0.3) is 0 Å². The van der Waals surface area contributed by atoms with Crippen LogP contribution in [0.5, 0.6) is 11.5 Å². The Kier molecular flexibility index (Phi) is 4.16. The number of nitrogens with zero attached hydrogens (tertiary/aromatic N) is 1. The number of carbonyl (C=O) groups is 1. The van der Waals surface area contributed by atoms with Crippen molar-refractivity contribution in [3.8, 4) is 17.2 Å². The van der Waals surface area contributed by atoms with E-state index in [0.29, 0.717) is 22.6 Å². The smallest absolute Gasteiger partial charge is 0.341 e. The number of fused-ring (bicyclic) bond motifs is 2. The molecule has 0 unspecified atom stereocenters. The summed E-state index contributed by atoms with van der Waals surface area (Å²) in [6, 6.07) is 6.13. The van der Waals surface area contributed by atoms with Gasteiger partial charge in [0.2, 0.25) is 5.43 Å². The molecule has 2 aromatic carbocycles. The van der Waals surface area contributed by atoms with Gasteiger partial charge in [0.05, 0.1) is 11.1 Å². The van der Waals surface area contributed by atoms with Crippen LogP contribution in [-0.4, -0.2) is 21.7 Å². The third-order valence-corrected chi connectivity index (χ3v) is 5.83. The number of anilines is 2. The number of hydrogen-bond acceptors (Lipinski definition) is 5.